The van der Waals surface area contributed by atoms with Crippen LogP contribution in [-0.2, 0) is 25.7 Å². The van der Waals surface area contributed by atoms with Gasteiger partial charge in [-0.25, -0.2) is 0 Å². The van der Waals surface area contributed by atoms with Gasteiger partial charge in [0.1, 0.15) is 34.5 Å². The van der Waals surface area contributed by atoms with Crippen LogP contribution >= 0.6 is 0 Å². The monoisotopic (exact) mass is 742 g/mol. The van der Waals surface area contributed by atoms with Gasteiger partial charge in [0, 0.05) is 35.6 Å². The van der Waals surface area contributed by atoms with Gasteiger partial charge in [0.2, 0.25) is 0 Å². The molecule has 0 aliphatic carbocycles. The van der Waals surface area contributed by atoms with Gasteiger partial charge in [-0.2, -0.15) is 0 Å². The first-order valence-electron chi connectivity index (χ1n) is 18.2. The summed E-state index contributed by atoms with van der Waals surface area (Å²) in [7, 11) is 0. The minimum Gasteiger partial charge on any atom is -0.508 e. The molecule has 0 aromatic heterocycles. The summed E-state index contributed by atoms with van der Waals surface area (Å²) in [4.78, 5) is 11.2. The van der Waals surface area contributed by atoms with Gasteiger partial charge in [-0.15, -0.1) is 0 Å². The summed E-state index contributed by atoms with van der Waals surface area (Å²) >= 11 is 0. The number of hydrogen-bond acceptors (Lipinski definition) is 8. The van der Waals surface area contributed by atoms with Crippen LogP contribution in [0.15, 0.2) is 146 Å². The van der Waals surface area contributed by atoms with E-state index < -0.39 is 0 Å². The molecule has 0 fully saturated rings. The number of benzene rings is 8. The van der Waals surface area contributed by atoms with Crippen LogP contribution in [0.4, 0.5) is 0 Å². The number of phenols is 6. The minimum atomic E-state index is 0.0696. The Balaban J connectivity index is 0.932. The third-order valence-corrected chi connectivity index (χ3v) is 10.1. The molecule has 8 heteroatoms. The van der Waals surface area contributed by atoms with Crippen molar-refractivity contribution in [1.29, 1.82) is 0 Å². The third kappa shape index (κ3) is 7.67. The third-order valence-electron chi connectivity index (χ3n) is 10.1. The van der Waals surface area contributed by atoms with E-state index in [0.29, 0.717) is 64.6 Å². The predicted molar refractivity (Wildman–Crippen MR) is 216 cm³/mol. The van der Waals surface area contributed by atoms with Gasteiger partial charge in [-0.3, -0.25) is 9.78 Å². The molecule has 278 valence electrons. The van der Waals surface area contributed by atoms with Gasteiger partial charge in [-0.05, 0) is 123 Å². The Morgan fingerprint density at radius 1 is 0.357 bits per heavy atom. The number of fused-ring (bicyclic) bond motifs is 2. The zero-order valence-corrected chi connectivity index (χ0v) is 30.2. The molecule has 8 rings (SSSR count). The van der Waals surface area contributed by atoms with Crippen LogP contribution in [0.3, 0.4) is 0 Å². The molecule has 6 N–H and O–H groups in total. The molecule has 0 aliphatic heterocycles. The standard InChI is InChI=1S/C48H38O8/c49-37-12-1-29(2-13-37)24-35-27-36(47(53)43-28-39(51)16-21-42(35)43)25-31-7-19-41(20-8-31)56-55-40-17-5-30(6-18-40)23-34-10-9-33-11-22-45(52)44(46(33)48(34)54)26-32-3-14-38(50)15-4-32/h1-22,27-28,49-54H,23-26H2. The van der Waals surface area contributed by atoms with Crippen molar-refractivity contribution >= 4 is 21.5 Å². The van der Waals surface area contributed by atoms with E-state index in [1.54, 1.807) is 84.9 Å². The average Bonchev–Trinajstić information content (AvgIpc) is 3.20. The van der Waals surface area contributed by atoms with E-state index in [2.05, 4.69) is 0 Å². The first-order valence-corrected chi connectivity index (χ1v) is 18.2. The molecule has 56 heavy (non-hydrogen) atoms. The molecule has 8 aromatic rings. The van der Waals surface area contributed by atoms with E-state index in [-0.39, 0.29) is 34.5 Å². The number of rotatable bonds is 11. The second-order valence-corrected chi connectivity index (χ2v) is 14.0. The Bertz CT molecular complexity index is 2670. The Morgan fingerprint density at radius 3 is 1.43 bits per heavy atom. The molecule has 0 aliphatic rings. The van der Waals surface area contributed by atoms with Gasteiger partial charge >= 0.3 is 0 Å². The van der Waals surface area contributed by atoms with Crippen LogP contribution in [0, 0.1) is 0 Å². The van der Waals surface area contributed by atoms with Crippen molar-refractivity contribution in [2.24, 2.45) is 0 Å². The molecule has 8 aromatic carbocycles. The molecule has 8 nitrogen and oxygen atoms in total. The molecule has 0 radical (unpaired) electrons. The topological polar surface area (TPSA) is 140 Å². The first-order chi connectivity index (χ1) is 27.2. The number of hydrogen-bond donors (Lipinski definition) is 6. The summed E-state index contributed by atoms with van der Waals surface area (Å²) in [6, 6.07) is 42.8. The van der Waals surface area contributed by atoms with Crippen LogP contribution in [-0.4, -0.2) is 30.6 Å². The molecule has 0 spiro atoms. The van der Waals surface area contributed by atoms with Crippen molar-refractivity contribution in [3.8, 4) is 46.0 Å². The SMILES string of the molecule is Oc1ccc(Cc2cc(Cc3ccc(OOc4ccc(Cc5ccc6ccc(O)c(Cc7ccc(O)cc7)c6c5O)cc4)cc3)c(O)c3cc(O)ccc23)cc1. The fourth-order valence-corrected chi connectivity index (χ4v) is 7.16. The molecule has 0 unspecified atom stereocenters. The van der Waals surface area contributed by atoms with Crippen LogP contribution in [0.5, 0.6) is 46.0 Å². The second-order valence-electron chi connectivity index (χ2n) is 14.0. The second kappa shape index (κ2) is 15.2. The van der Waals surface area contributed by atoms with Gasteiger partial charge in [0.25, 0.3) is 0 Å². The van der Waals surface area contributed by atoms with Gasteiger partial charge < -0.3 is 30.6 Å². The molecule has 0 atom stereocenters. The molecular formula is C48H38O8. The average molecular weight is 743 g/mol. The van der Waals surface area contributed by atoms with Gasteiger partial charge in [0.15, 0.2) is 11.5 Å². The highest BCUT2D eigenvalue weighted by Gasteiger charge is 2.17. The fourth-order valence-electron chi connectivity index (χ4n) is 7.16. The first kappa shape index (κ1) is 35.7. The molecule has 0 amide bonds. The molecular weight excluding hydrogens is 705 g/mol. The van der Waals surface area contributed by atoms with E-state index in [1.165, 1.54) is 0 Å². The normalized spacial score (nSPS) is 11.2. The maximum Gasteiger partial charge on any atom is 0.178 e. The lowest BCUT2D eigenvalue weighted by Crippen LogP contribution is -2.01. The molecule has 0 heterocycles. The number of phenolic OH excluding ortho intramolecular Hbond substituents is 6. The minimum absolute atomic E-state index is 0.0696. The highest BCUT2D eigenvalue weighted by atomic mass is 17.2. The van der Waals surface area contributed by atoms with Crippen molar-refractivity contribution in [2.75, 3.05) is 0 Å². The Kier molecular flexibility index (Phi) is 9.69. The quantitative estimate of drug-likeness (QED) is 0.0569. The predicted octanol–water partition coefficient (Wildman–Crippen LogP) is 9.96. The highest BCUT2D eigenvalue weighted by molar-refractivity contribution is 5.95. The van der Waals surface area contributed by atoms with E-state index in [9.17, 15) is 30.6 Å². The van der Waals surface area contributed by atoms with E-state index in [1.807, 2.05) is 60.7 Å². The summed E-state index contributed by atoms with van der Waals surface area (Å²) in [5, 5.41) is 65.9. The summed E-state index contributed by atoms with van der Waals surface area (Å²) in [5.74, 6) is 1.74. The lowest BCUT2D eigenvalue weighted by Gasteiger charge is -2.15. The van der Waals surface area contributed by atoms with Crippen LogP contribution in [0.2, 0.25) is 0 Å². The van der Waals surface area contributed by atoms with Gasteiger partial charge in [0.05, 0.1) is 0 Å². The van der Waals surface area contributed by atoms with Crippen molar-refractivity contribution in [2.45, 2.75) is 25.7 Å². The summed E-state index contributed by atoms with van der Waals surface area (Å²) in [6.07, 6.45) is 1.86. The van der Waals surface area contributed by atoms with E-state index in [4.69, 9.17) is 9.78 Å². The summed E-state index contributed by atoms with van der Waals surface area (Å²) in [5.41, 5.74) is 6.81. The zero-order valence-electron chi connectivity index (χ0n) is 30.2. The van der Waals surface area contributed by atoms with Crippen LogP contribution in [0.1, 0.15) is 44.5 Å². The van der Waals surface area contributed by atoms with Gasteiger partial charge in [-0.1, -0.05) is 78.9 Å². The fraction of sp³-hybridized carbons (Fsp3) is 0.0833. The van der Waals surface area contributed by atoms with E-state index in [0.717, 1.165) is 38.6 Å². The van der Waals surface area contributed by atoms with Crippen molar-refractivity contribution in [1.82, 2.24) is 0 Å². The summed E-state index contributed by atoms with van der Waals surface area (Å²) < 4.78 is 0. The maximum absolute atomic E-state index is 11.4. The lowest BCUT2D eigenvalue weighted by atomic mass is 9.92. The molecule has 0 saturated heterocycles. The molecule has 0 bridgehead atoms. The Labute approximate surface area is 322 Å². The molecule has 0 saturated carbocycles. The maximum atomic E-state index is 11.4. The van der Waals surface area contributed by atoms with Crippen LogP contribution < -0.4 is 9.78 Å². The Morgan fingerprint density at radius 2 is 0.839 bits per heavy atom. The van der Waals surface area contributed by atoms with E-state index >= 15 is 0 Å². The smallest absolute Gasteiger partial charge is 0.178 e. The summed E-state index contributed by atoms with van der Waals surface area (Å²) in [6.45, 7) is 0. The highest BCUT2D eigenvalue weighted by Crippen LogP contribution is 2.39. The largest absolute Gasteiger partial charge is 0.508 e. The van der Waals surface area contributed by atoms with Crippen LogP contribution in [0.25, 0.3) is 21.5 Å². The zero-order chi connectivity index (χ0) is 38.8. The van der Waals surface area contributed by atoms with Crippen molar-refractivity contribution in [3.05, 3.63) is 190 Å². The number of aromatic hydroxyl groups is 6. The lowest BCUT2D eigenvalue weighted by molar-refractivity contribution is -0.0999. The van der Waals surface area contributed by atoms with Crippen molar-refractivity contribution in [3.63, 3.8) is 0 Å². The van der Waals surface area contributed by atoms with Crippen molar-refractivity contribution < 1.29 is 40.4 Å². The Hall–Kier alpha value is -7.32.